The Bertz CT molecular complexity index is 709. The number of rotatable bonds is 4. The molecule has 2 aromatic carbocycles. The maximum absolute atomic E-state index is 11.7. The summed E-state index contributed by atoms with van der Waals surface area (Å²) in [5.74, 6) is -0.00208. The van der Waals surface area contributed by atoms with Crippen LogP contribution in [-0.4, -0.2) is 20.1 Å². The van der Waals surface area contributed by atoms with E-state index >= 15 is 0 Å². The van der Waals surface area contributed by atoms with Gasteiger partial charge in [-0.3, -0.25) is 4.79 Å². The molecule has 0 spiro atoms. The molecule has 2 rings (SSSR count). The van der Waals surface area contributed by atoms with Crippen LogP contribution in [0.15, 0.2) is 30.3 Å². The second kappa shape index (κ2) is 8.36. The first-order valence-electron chi connectivity index (χ1n) is 6.19. The molecule has 0 atom stereocenters. The molecule has 0 aliphatic rings. The molecule has 0 aliphatic heterocycles. The minimum absolute atomic E-state index is 0. The highest BCUT2D eigenvalue weighted by Gasteiger charge is 2.21. The maximum Gasteiger partial charge on any atom is 0.256 e. The third kappa shape index (κ3) is 3.91. The Hall–Kier alpha value is -2.31. The Morgan fingerprint density at radius 2 is 1.61 bits per heavy atom. The Balaban J connectivity index is 0.00000242. The molecular weight excluding hydrogens is 341 g/mol. The molecular formula is C15H19Cl2N3O3. The lowest BCUT2D eigenvalue weighted by atomic mass is 9.98. The summed E-state index contributed by atoms with van der Waals surface area (Å²) in [5, 5.41) is 0. The first-order valence-corrected chi connectivity index (χ1v) is 6.19. The van der Waals surface area contributed by atoms with Crippen molar-refractivity contribution in [1.82, 2.24) is 0 Å². The van der Waals surface area contributed by atoms with Gasteiger partial charge in [0.25, 0.3) is 5.91 Å². The van der Waals surface area contributed by atoms with Crippen molar-refractivity contribution in [2.45, 2.75) is 0 Å². The number of primary amides is 1. The molecule has 0 fully saturated rings. The van der Waals surface area contributed by atoms with E-state index in [0.29, 0.717) is 34.0 Å². The van der Waals surface area contributed by atoms with Crippen molar-refractivity contribution < 1.29 is 14.3 Å². The summed E-state index contributed by atoms with van der Waals surface area (Å²) in [6, 6.07) is 8.49. The fourth-order valence-electron chi connectivity index (χ4n) is 2.20. The van der Waals surface area contributed by atoms with Gasteiger partial charge in [0.2, 0.25) is 0 Å². The fourth-order valence-corrected chi connectivity index (χ4v) is 2.20. The van der Waals surface area contributed by atoms with Gasteiger partial charge in [-0.05, 0) is 30.3 Å². The number of methoxy groups -OCH3 is 2. The SMILES string of the molecule is COc1ccc(-c2cc(N)ccc2N)c(OC)c1C(N)=O.Cl.Cl. The van der Waals surface area contributed by atoms with Crippen LogP contribution in [0.2, 0.25) is 0 Å². The lowest BCUT2D eigenvalue weighted by molar-refractivity contribution is 0.0994. The van der Waals surface area contributed by atoms with Crippen LogP contribution in [0, 0.1) is 0 Å². The number of halogens is 2. The van der Waals surface area contributed by atoms with Gasteiger partial charge in [-0.25, -0.2) is 0 Å². The van der Waals surface area contributed by atoms with Crippen molar-refractivity contribution in [2.75, 3.05) is 25.7 Å². The van der Waals surface area contributed by atoms with Crippen molar-refractivity contribution in [1.29, 1.82) is 0 Å². The number of amides is 1. The number of benzene rings is 2. The smallest absolute Gasteiger partial charge is 0.256 e. The molecule has 0 saturated carbocycles. The topological polar surface area (TPSA) is 114 Å². The number of hydrogen-bond acceptors (Lipinski definition) is 5. The summed E-state index contributed by atoms with van der Waals surface area (Å²) in [4.78, 5) is 11.7. The fraction of sp³-hybridized carbons (Fsp3) is 0.133. The van der Waals surface area contributed by atoms with Crippen molar-refractivity contribution in [2.24, 2.45) is 5.73 Å². The molecule has 0 aromatic heterocycles. The van der Waals surface area contributed by atoms with Crippen LogP contribution in [0.3, 0.4) is 0 Å². The summed E-state index contributed by atoms with van der Waals surface area (Å²) in [7, 11) is 2.91. The predicted octanol–water partition coefficient (Wildman–Crippen LogP) is 2.48. The third-order valence-electron chi connectivity index (χ3n) is 3.16. The van der Waals surface area contributed by atoms with Crippen LogP contribution >= 0.6 is 24.8 Å². The predicted molar refractivity (Wildman–Crippen MR) is 96.8 cm³/mol. The first kappa shape index (κ1) is 20.7. The maximum atomic E-state index is 11.7. The van der Waals surface area contributed by atoms with Gasteiger partial charge in [-0.15, -0.1) is 24.8 Å². The molecule has 126 valence electrons. The number of carbonyl (C=O) groups is 1. The van der Waals surface area contributed by atoms with Crippen molar-refractivity contribution in [3.8, 4) is 22.6 Å². The van der Waals surface area contributed by atoms with E-state index in [1.165, 1.54) is 14.2 Å². The minimum Gasteiger partial charge on any atom is -0.496 e. The zero-order valence-electron chi connectivity index (χ0n) is 12.7. The monoisotopic (exact) mass is 359 g/mol. The van der Waals surface area contributed by atoms with E-state index < -0.39 is 5.91 Å². The van der Waals surface area contributed by atoms with Crippen LogP contribution in [0.25, 0.3) is 11.1 Å². The average molecular weight is 360 g/mol. The number of carbonyl (C=O) groups excluding carboxylic acids is 1. The molecule has 23 heavy (non-hydrogen) atoms. The summed E-state index contributed by atoms with van der Waals surface area (Å²) in [6.07, 6.45) is 0. The second-order valence-corrected chi connectivity index (χ2v) is 4.43. The Morgan fingerprint density at radius 3 is 2.13 bits per heavy atom. The van der Waals surface area contributed by atoms with Crippen LogP contribution in [-0.2, 0) is 0 Å². The van der Waals surface area contributed by atoms with E-state index in [1.807, 2.05) is 0 Å². The molecule has 6 N–H and O–H groups in total. The molecule has 8 heteroatoms. The zero-order chi connectivity index (χ0) is 15.6. The normalized spacial score (nSPS) is 9.30. The highest BCUT2D eigenvalue weighted by atomic mass is 35.5. The van der Waals surface area contributed by atoms with Crippen LogP contribution in [0.1, 0.15) is 10.4 Å². The van der Waals surface area contributed by atoms with E-state index in [2.05, 4.69) is 0 Å². The highest BCUT2D eigenvalue weighted by Crippen LogP contribution is 2.40. The van der Waals surface area contributed by atoms with E-state index in [0.717, 1.165) is 0 Å². The van der Waals surface area contributed by atoms with Crippen LogP contribution in [0.4, 0.5) is 11.4 Å². The quantitative estimate of drug-likeness (QED) is 0.725. The molecule has 1 amide bonds. The van der Waals surface area contributed by atoms with Crippen LogP contribution < -0.4 is 26.7 Å². The van der Waals surface area contributed by atoms with Gasteiger partial charge in [-0.2, -0.15) is 0 Å². The van der Waals surface area contributed by atoms with Crippen molar-refractivity contribution >= 4 is 42.1 Å². The Kier molecular flexibility index (Phi) is 7.52. The van der Waals surface area contributed by atoms with Gasteiger partial charge < -0.3 is 26.7 Å². The third-order valence-corrected chi connectivity index (χ3v) is 3.16. The summed E-state index contributed by atoms with van der Waals surface area (Å²) < 4.78 is 10.5. The molecule has 2 aromatic rings. The molecule has 0 aliphatic carbocycles. The van der Waals surface area contributed by atoms with Gasteiger partial charge in [0, 0.05) is 22.5 Å². The first-order chi connectivity index (χ1) is 9.99. The van der Waals surface area contributed by atoms with Crippen LogP contribution in [0.5, 0.6) is 11.5 Å². The van der Waals surface area contributed by atoms with Gasteiger partial charge in [0.05, 0.1) is 14.2 Å². The summed E-state index contributed by atoms with van der Waals surface area (Å²) in [5.41, 5.74) is 19.7. The average Bonchev–Trinajstić information content (AvgIpc) is 2.47. The van der Waals surface area contributed by atoms with Crippen molar-refractivity contribution in [3.63, 3.8) is 0 Å². The molecule has 0 bridgehead atoms. The minimum atomic E-state index is -0.645. The summed E-state index contributed by atoms with van der Waals surface area (Å²) >= 11 is 0. The molecule has 0 radical (unpaired) electrons. The molecule has 6 nitrogen and oxygen atoms in total. The number of anilines is 2. The largest absolute Gasteiger partial charge is 0.496 e. The Morgan fingerprint density at radius 1 is 0.957 bits per heavy atom. The standard InChI is InChI=1S/C15H17N3O3.2ClH/c1-20-12-6-4-9(14(21-2)13(12)15(18)19)10-7-8(16)3-5-11(10)17;;/h3-7H,16-17H2,1-2H3,(H2,18,19);2*1H. The van der Waals surface area contributed by atoms with Gasteiger partial charge in [0.15, 0.2) is 0 Å². The van der Waals surface area contributed by atoms with E-state index in [-0.39, 0.29) is 30.4 Å². The van der Waals surface area contributed by atoms with Gasteiger partial charge in [-0.1, -0.05) is 0 Å². The van der Waals surface area contributed by atoms with Gasteiger partial charge >= 0.3 is 0 Å². The number of nitrogen functional groups attached to an aromatic ring is 2. The second-order valence-electron chi connectivity index (χ2n) is 4.43. The highest BCUT2D eigenvalue weighted by molar-refractivity contribution is 6.02. The lowest BCUT2D eigenvalue weighted by Crippen LogP contribution is -2.14. The van der Waals surface area contributed by atoms with E-state index in [4.69, 9.17) is 26.7 Å². The van der Waals surface area contributed by atoms with E-state index in [9.17, 15) is 4.79 Å². The number of nitrogens with two attached hydrogens (primary N) is 3. The van der Waals surface area contributed by atoms with Gasteiger partial charge in [0.1, 0.15) is 17.1 Å². The van der Waals surface area contributed by atoms with Crippen molar-refractivity contribution in [3.05, 3.63) is 35.9 Å². The number of hydrogen-bond donors (Lipinski definition) is 3. The molecule has 0 heterocycles. The Labute approximate surface area is 146 Å². The number of ether oxygens (including phenoxy) is 2. The zero-order valence-corrected chi connectivity index (χ0v) is 14.3. The van der Waals surface area contributed by atoms with E-state index in [1.54, 1.807) is 30.3 Å². The molecule has 0 unspecified atom stereocenters. The lowest BCUT2D eigenvalue weighted by Gasteiger charge is -2.16. The summed E-state index contributed by atoms with van der Waals surface area (Å²) in [6.45, 7) is 0. The molecule has 0 saturated heterocycles.